The first-order valence-corrected chi connectivity index (χ1v) is 9.49. The van der Waals surface area contributed by atoms with E-state index in [1.165, 1.54) is 12.1 Å². The van der Waals surface area contributed by atoms with Crippen molar-refractivity contribution in [3.8, 4) is 11.8 Å². The molecule has 144 valence electrons. The predicted molar refractivity (Wildman–Crippen MR) is 115 cm³/mol. The second kappa shape index (κ2) is 9.67. The average Bonchev–Trinajstić information content (AvgIpc) is 2.73. The standard InChI is InChI=1S/C23H16BrFN2O2/c24-21-13-16(12-18(14-26)17-7-9-19(25)10-8-17)6-11-22(21)29-15-23(28)27-20-4-2-1-3-5-20/h1-13H,15H2,(H,27,28). The van der Waals surface area contributed by atoms with Gasteiger partial charge in [-0.3, -0.25) is 4.79 Å². The summed E-state index contributed by atoms with van der Waals surface area (Å²) in [5.41, 5.74) is 2.50. The Balaban J connectivity index is 1.67. The molecule has 4 nitrogen and oxygen atoms in total. The van der Waals surface area contributed by atoms with Crippen LogP contribution in [0.5, 0.6) is 5.75 Å². The number of para-hydroxylation sites is 1. The first-order valence-electron chi connectivity index (χ1n) is 8.70. The fraction of sp³-hybridized carbons (Fsp3) is 0.0435. The lowest BCUT2D eigenvalue weighted by molar-refractivity contribution is -0.118. The first kappa shape index (κ1) is 20.3. The SMILES string of the molecule is N#CC(=Cc1ccc(OCC(=O)Nc2ccccc2)c(Br)c1)c1ccc(F)cc1. The highest BCUT2D eigenvalue weighted by atomic mass is 79.9. The molecule has 1 N–H and O–H groups in total. The van der Waals surface area contributed by atoms with Crippen LogP contribution in [0.15, 0.2) is 77.3 Å². The van der Waals surface area contributed by atoms with E-state index in [1.54, 1.807) is 48.5 Å². The molecular weight excluding hydrogens is 435 g/mol. The van der Waals surface area contributed by atoms with Crippen LogP contribution in [0.2, 0.25) is 0 Å². The summed E-state index contributed by atoms with van der Waals surface area (Å²) in [6, 6.07) is 22.3. The molecule has 6 heteroatoms. The first-order chi connectivity index (χ1) is 14.0. The van der Waals surface area contributed by atoms with Gasteiger partial charge >= 0.3 is 0 Å². The van der Waals surface area contributed by atoms with Crippen LogP contribution in [-0.4, -0.2) is 12.5 Å². The zero-order chi connectivity index (χ0) is 20.6. The molecular formula is C23H16BrFN2O2. The summed E-state index contributed by atoms with van der Waals surface area (Å²) < 4.78 is 19.3. The number of rotatable bonds is 6. The number of anilines is 1. The molecule has 3 aromatic carbocycles. The predicted octanol–water partition coefficient (Wildman–Crippen LogP) is 5.67. The number of nitrogens with one attached hydrogen (secondary N) is 1. The van der Waals surface area contributed by atoms with E-state index in [9.17, 15) is 14.4 Å². The van der Waals surface area contributed by atoms with Gasteiger partial charge in [0.15, 0.2) is 6.61 Å². The molecule has 3 aromatic rings. The van der Waals surface area contributed by atoms with Crippen molar-refractivity contribution in [1.82, 2.24) is 0 Å². The van der Waals surface area contributed by atoms with Crippen LogP contribution in [0, 0.1) is 17.1 Å². The van der Waals surface area contributed by atoms with E-state index in [0.29, 0.717) is 27.0 Å². The molecule has 0 aliphatic heterocycles. The summed E-state index contributed by atoms with van der Waals surface area (Å²) in [6.07, 6.45) is 1.70. The molecule has 0 unspecified atom stereocenters. The van der Waals surface area contributed by atoms with Crippen molar-refractivity contribution in [3.05, 3.63) is 94.2 Å². The number of carbonyl (C=O) groups excluding carboxylic acids is 1. The van der Waals surface area contributed by atoms with E-state index in [-0.39, 0.29) is 18.3 Å². The number of amides is 1. The number of nitrogens with zero attached hydrogens (tertiary/aromatic N) is 1. The van der Waals surface area contributed by atoms with E-state index in [2.05, 4.69) is 27.3 Å². The van der Waals surface area contributed by atoms with Gasteiger partial charge < -0.3 is 10.1 Å². The molecule has 0 aromatic heterocycles. The number of carbonyl (C=O) groups is 1. The van der Waals surface area contributed by atoms with Gasteiger partial charge in [0.05, 0.1) is 16.1 Å². The zero-order valence-electron chi connectivity index (χ0n) is 15.2. The fourth-order valence-corrected chi connectivity index (χ4v) is 3.07. The maximum absolute atomic E-state index is 13.1. The Labute approximate surface area is 176 Å². The van der Waals surface area contributed by atoms with Crippen molar-refractivity contribution in [2.75, 3.05) is 11.9 Å². The summed E-state index contributed by atoms with van der Waals surface area (Å²) in [7, 11) is 0. The number of hydrogen-bond acceptors (Lipinski definition) is 3. The zero-order valence-corrected chi connectivity index (χ0v) is 16.8. The molecule has 0 aliphatic carbocycles. The van der Waals surface area contributed by atoms with Gasteiger partial charge in [-0.15, -0.1) is 0 Å². The molecule has 0 heterocycles. The lowest BCUT2D eigenvalue weighted by Gasteiger charge is -2.10. The molecule has 0 saturated heterocycles. The van der Waals surface area contributed by atoms with Crippen molar-refractivity contribution >= 4 is 39.2 Å². The topological polar surface area (TPSA) is 62.1 Å². The molecule has 29 heavy (non-hydrogen) atoms. The minimum Gasteiger partial charge on any atom is -0.483 e. The molecule has 0 aliphatic rings. The summed E-state index contributed by atoms with van der Waals surface area (Å²) in [5.74, 6) is -0.118. The molecule has 3 rings (SSSR count). The number of halogens is 2. The van der Waals surface area contributed by atoms with E-state index in [4.69, 9.17) is 4.74 Å². The third-order valence-electron chi connectivity index (χ3n) is 3.96. The summed E-state index contributed by atoms with van der Waals surface area (Å²) in [4.78, 5) is 12.0. The van der Waals surface area contributed by atoms with E-state index in [1.807, 2.05) is 18.2 Å². The van der Waals surface area contributed by atoms with Crippen LogP contribution in [0.4, 0.5) is 10.1 Å². The van der Waals surface area contributed by atoms with Gasteiger partial charge in [0.1, 0.15) is 11.6 Å². The Bertz CT molecular complexity index is 1070. The van der Waals surface area contributed by atoms with Gasteiger partial charge in [-0.25, -0.2) is 4.39 Å². The number of hydrogen-bond donors (Lipinski definition) is 1. The van der Waals surface area contributed by atoms with E-state index < -0.39 is 0 Å². The third kappa shape index (κ3) is 5.77. The quantitative estimate of drug-likeness (QED) is 0.388. The monoisotopic (exact) mass is 450 g/mol. The molecule has 0 atom stereocenters. The lowest BCUT2D eigenvalue weighted by atomic mass is 10.0. The van der Waals surface area contributed by atoms with Gasteiger partial charge in [0.2, 0.25) is 0 Å². The number of nitriles is 1. The Morgan fingerprint density at radius 2 is 1.83 bits per heavy atom. The van der Waals surface area contributed by atoms with E-state index in [0.717, 1.165) is 5.56 Å². The normalized spacial score (nSPS) is 10.9. The number of allylic oxidation sites excluding steroid dienone is 1. The van der Waals surface area contributed by atoms with Gasteiger partial charge in [-0.1, -0.05) is 36.4 Å². The molecule has 0 spiro atoms. The van der Waals surface area contributed by atoms with Crippen LogP contribution in [-0.2, 0) is 4.79 Å². The highest BCUT2D eigenvalue weighted by molar-refractivity contribution is 9.10. The van der Waals surface area contributed by atoms with Gasteiger partial charge in [0, 0.05) is 5.69 Å². The lowest BCUT2D eigenvalue weighted by Crippen LogP contribution is -2.20. The Morgan fingerprint density at radius 3 is 2.48 bits per heavy atom. The van der Waals surface area contributed by atoms with Crippen LogP contribution in [0.25, 0.3) is 11.6 Å². The highest BCUT2D eigenvalue weighted by Crippen LogP contribution is 2.28. The second-order valence-corrected chi connectivity index (χ2v) is 6.92. The van der Waals surface area contributed by atoms with Crippen molar-refractivity contribution in [2.24, 2.45) is 0 Å². The molecule has 1 amide bonds. The van der Waals surface area contributed by atoms with Crippen molar-refractivity contribution in [3.63, 3.8) is 0 Å². The maximum Gasteiger partial charge on any atom is 0.262 e. The Hall–Kier alpha value is -3.43. The summed E-state index contributed by atoms with van der Waals surface area (Å²) >= 11 is 3.42. The third-order valence-corrected chi connectivity index (χ3v) is 4.58. The van der Waals surface area contributed by atoms with Crippen LogP contribution in [0.3, 0.4) is 0 Å². The Morgan fingerprint density at radius 1 is 1.10 bits per heavy atom. The van der Waals surface area contributed by atoms with Crippen LogP contribution in [0.1, 0.15) is 11.1 Å². The minimum atomic E-state index is -0.355. The minimum absolute atomic E-state index is 0.137. The van der Waals surface area contributed by atoms with Gasteiger partial charge in [0.25, 0.3) is 5.91 Å². The van der Waals surface area contributed by atoms with Crippen LogP contribution >= 0.6 is 15.9 Å². The Kier molecular flexibility index (Phi) is 6.77. The smallest absolute Gasteiger partial charge is 0.262 e. The number of ether oxygens (including phenoxy) is 1. The number of benzene rings is 3. The molecule has 0 radical (unpaired) electrons. The largest absolute Gasteiger partial charge is 0.483 e. The van der Waals surface area contributed by atoms with Crippen molar-refractivity contribution in [2.45, 2.75) is 0 Å². The molecule has 0 bridgehead atoms. The summed E-state index contributed by atoms with van der Waals surface area (Å²) in [6.45, 7) is -0.137. The average molecular weight is 451 g/mol. The second-order valence-electron chi connectivity index (χ2n) is 6.07. The maximum atomic E-state index is 13.1. The molecule has 0 fully saturated rings. The summed E-state index contributed by atoms with van der Waals surface area (Å²) in [5, 5.41) is 12.2. The van der Waals surface area contributed by atoms with E-state index >= 15 is 0 Å². The van der Waals surface area contributed by atoms with Crippen molar-refractivity contribution in [1.29, 1.82) is 5.26 Å². The highest BCUT2D eigenvalue weighted by Gasteiger charge is 2.08. The van der Waals surface area contributed by atoms with Crippen molar-refractivity contribution < 1.29 is 13.9 Å². The van der Waals surface area contributed by atoms with Gasteiger partial charge in [-0.2, -0.15) is 5.26 Å². The van der Waals surface area contributed by atoms with Gasteiger partial charge in [-0.05, 0) is 69.5 Å². The fourth-order valence-electron chi connectivity index (χ4n) is 2.56. The molecule has 0 saturated carbocycles. The van der Waals surface area contributed by atoms with Crippen LogP contribution < -0.4 is 10.1 Å².